The Kier molecular flexibility index (Phi) is 2.41. The van der Waals surface area contributed by atoms with Crippen LogP contribution in [0.4, 0.5) is 0 Å². The average Bonchev–Trinajstić information content (AvgIpc) is 2.57. The second kappa shape index (κ2) is 3.73. The molecule has 0 radical (unpaired) electrons. The molecular formula is C11H11NO3. The van der Waals surface area contributed by atoms with E-state index >= 15 is 0 Å². The predicted molar refractivity (Wildman–Crippen MR) is 54.7 cm³/mol. The molecule has 15 heavy (non-hydrogen) atoms. The normalized spacial score (nSPS) is 10.7. The molecule has 1 aromatic heterocycles. The van der Waals surface area contributed by atoms with E-state index in [-0.39, 0.29) is 6.42 Å². The lowest BCUT2D eigenvalue weighted by molar-refractivity contribution is -0.136. The summed E-state index contributed by atoms with van der Waals surface area (Å²) in [5, 5.41) is 13.4. The summed E-state index contributed by atoms with van der Waals surface area (Å²) in [5.41, 5.74) is 1.76. The standard InChI is InChI=1S/C11H11NO3/c1-7-9-4-2-8(3-5-11(13)14)6-10(9)12-15-7/h2,4,6H,3,5H2,1H3,(H,13,14). The van der Waals surface area contributed by atoms with Crippen LogP contribution >= 0.6 is 0 Å². The SMILES string of the molecule is Cc1onc2cc(CCC(=O)O)ccc12. The zero-order chi connectivity index (χ0) is 10.8. The Labute approximate surface area is 86.5 Å². The fourth-order valence-corrected chi connectivity index (χ4v) is 1.52. The largest absolute Gasteiger partial charge is 0.481 e. The van der Waals surface area contributed by atoms with E-state index in [1.54, 1.807) is 0 Å². The van der Waals surface area contributed by atoms with E-state index in [2.05, 4.69) is 5.16 Å². The Morgan fingerprint density at radius 3 is 3.07 bits per heavy atom. The lowest BCUT2D eigenvalue weighted by Gasteiger charge is -1.97. The summed E-state index contributed by atoms with van der Waals surface area (Å²) in [4.78, 5) is 10.4. The number of nitrogens with zero attached hydrogens (tertiary/aromatic N) is 1. The fraction of sp³-hybridized carbons (Fsp3) is 0.273. The van der Waals surface area contributed by atoms with Crippen LogP contribution in [-0.4, -0.2) is 16.2 Å². The maximum atomic E-state index is 10.4. The van der Waals surface area contributed by atoms with E-state index in [0.717, 1.165) is 22.2 Å². The Hall–Kier alpha value is -1.84. The molecule has 0 fully saturated rings. The molecule has 0 aliphatic carbocycles. The van der Waals surface area contributed by atoms with Gasteiger partial charge in [-0.2, -0.15) is 0 Å². The van der Waals surface area contributed by atoms with Gasteiger partial charge in [0, 0.05) is 11.8 Å². The first-order chi connectivity index (χ1) is 7.16. The number of fused-ring (bicyclic) bond motifs is 1. The van der Waals surface area contributed by atoms with Crippen LogP contribution in [0.3, 0.4) is 0 Å². The van der Waals surface area contributed by atoms with Gasteiger partial charge in [-0.3, -0.25) is 4.79 Å². The van der Waals surface area contributed by atoms with Gasteiger partial charge >= 0.3 is 5.97 Å². The Morgan fingerprint density at radius 2 is 2.33 bits per heavy atom. The highest BCUT2D eigenvalue weighted by Crippen LogP contribution is 2.19. The van der Waals surface area contributed by atoms with E-state index in [0.29, 0.717) is 6.42 Å². The lowest BCUT2D eigenvalue weighted by Crippen LogP contribution is -1.97. The molecule has 0 saturated carbocycles. The monoisotopic (exact) mass is 205 g/mol. The van der Waals surface area contributed by atoms with E-state index in [1.807, 2.05) is 25.1 Å². The van der Waals surface area contributed by atoms with E-state index in [1.165, 1.54) is 0 Å². The van der Waals surface area contributed by atoms with Crippen LogP contribution in [0, 0.1) is 6.92 Å². The van der Waals surface area contributed by atoms with Crippen LogP contribution in [0.2, 0.25) is 0 Å². The number of carbonyl (C=O) groups is 1. The fourth-order valence-electron chi connectivity index (χ4n) is 1.52. The zero-order valence-corrected chi connectivity index (χ0v) is 8.36. The van der Waals surface area contributed by atoms with Gasteiger partial charge in [0.1, 0.15) is 11.3 Å². The summed E-state index contributed by atoms with van der Waals surface area (Å²) in [6.45, 7) is 1.85. The van der Waals surface area contributed by atoms with Crippen molar-refractivity contribution < 1.29 is 14.4 Å². The first-order valence-corrected chi connectivity index (χ1v) is 4.73. The van der Waals surface area contributed by atoms with Crippen molar-refractivity contribution in [2.24, 2.45) is 0 Å². The minimum absolute atomic E-state index is 0.141. The van der Waals surface area contributed by atoms with Crippen LogP contribution in [-0.2, 0) is 11.2 Å². The summed E-state index contributed by atoms with van der Waals surface area (Å²) in [6.07, 6.45) is 0.666. The van der Waals surface area contributed by atoms with Crippen molar-refractivity contribution in [1.82, 2.24) is 5.16 Å². The molecule has 0 bridgehead atoms. The minimum atomic E-state index is -0.786. The molecule has 1 aromatic carbocycles. The van der Waals surface area contributed by atoms with Gasteiger partial charge in [-0.25, -0.2) is 0 Å². The van der Waals surface area contributed by atoms with Gasteiger partial charge in [0.2, 0.25) is 0 Å². The van der Waals surface area contributed by atoms with Crippen LogP contribution in [0.15, 0.2) is 22.7 Å². The van der Waals surface area contributed by atoms with Gasteiger partial charge in [0.05, 0.1) is 0 Å². The van der Waals surface area contributed by atoms with Crippen LogP contribution in [0.5, 0.6) is 0 Å². The highest BCUT2D eigenvalue weighted by molar-refractivity contribution is 5.81. The van der Waals surface area contributed by atoms with Crippen molar-refractivity contribution in [2.45, 2.75) is 19.8 Å². The Balaban J connectivity index is 2.27. The number of aliphatic carboxylic acids is 1. The molecule has 0 amide bonds. The number of carboxylic acid groups (broad SMARTS) is 1. The third-order valence-corrected chi connectivity index (χ3v) is 2.35. The summed E-state index contributed by atoms with van der Waals surface area (Å²) in [5.74, 6) is 0.00112. The minimum Gasteiger partial charge on any atom is -0.481 e. The van der Waals surface area contributed by atoms with Gasteiger partial charge in [-0.1, -0.05) is 11.2 Å². The zero-order valence-electron chi connectivity index (χ0n) is 8.36. The Bertz CT molecular complexity index is 502. The number of hydrogen-bond donors (Lipinski definition) is 1. The highest BCUT2D eigenvalue weighted by atomic mass is 16.5. The molecule has 1 N–H and O–H groups in total. The van der Waals surface area contributed by atoms with E-state index < -0.39 is 5.97 Å². The topological polar surface area (TPSA) is 63.3 Å². The van der Waals surface area contributed by atoms with Gasteiger partial charge in [-0.15, -0.1) is 0 Å². The third kappa shape index (κ3) is 1.98. The van der Waals surface area contributed by atoms with E-state index in [9.17, 15) is 4.79 Å². The molecule has 0 aliphatic heterocycles. The first kappa shape index (κ1) is 9.71. The van der Waals surface area contributed by atoms with Crippen molar-refractivity contribution in [3.05, 3.63) is 29.5 Å². The van der Waals surface area contributed by atoms with E-state index in [4.69, 9.17) is 9.63 Å². The number of carboxylic acids is 1. The summed E-state index contributed by atoms with van der Waals surface area (Å²) in [6, 6.07) is 5.70. The predicted octanol–water partition coefficient (Wildman–Crippen LogP) is 2.15. The van der Waals surface area contributed by atoms with Gasteiger partial charge in [0.15, 0.2) is 0 Å². The van der Waals surface area contributed by atoms with Crippen LogP contribution < -0.4 is 0 Å². The molecule has 4 nitrogen and oxygen atoms in total. The lowest BCUT2D eigenvalue weighted by atomic mass is 10.1. The second-order valence-electron chi connectivity index (χ2n) is 3.48. The average molecular weight is 205 g/mol. The Morgan fingerprint density at radius 1 is 1.53 bits per heavy atom. The quantitative estimate of drug-likeness (QED) is 0.833. The van der Waals surface area contributed by atoms with Gasteiger partial charge < -0.3 is 9.63 Å². The summed E-state index contributed by atoms with van der Waals surface area (Å²) < 4.78 is 5.03. The van der Waals surface area contributed by atoms with Crippen LogP contribution in [0.1, 0.15) is 17.7 Å². The number of benzene rings is 1. The van der Waals surface area contributed by atoms with Crippen molar-refractivity contribution in [3.63, 3.8) is 0 Å². The smallest absolute Gasteiger partial charge is 0.303 e. The van der Waals surface area contributed by atoms with Crippen molar-refractivity contribution in [1.29, 1.82) is 0 Å². The number of rotatable bonds is 3. The molecule has 1 heterocycles. The molecule has 78 valence electrons. The molecule has 2 rings (SSSR count). The molecule has 0 atom stereocenters. The van der Waals surface area contributed by atoms with Crippen molar-refractivity contribution >= 4 is 16.9 Å². The maximum absolute atomic E-state index is 10.4. The second-order valence-corrected chi connectivity index (χ2v) is 3.48. The van der Waals surface area contributed by atoms with Crippen LogP contribution in [0.25, 0.3) is 10.9 Å². The molecular weight excluding hydrogens is 194 g/mol. The molecule has 0 saturated heterocycles. The molecule has 0 aliphatic rings. The number of aryl methyl sites for hydroxylation is 2. The molecule has 2 aromatic rings. The highest BCUT2D eigenvalue weighted by Gasteiger charge is 2.05. The molecule has 0 unspecified atom stereocenters. The number of hydrogen-bond acceptors (Lipinski definition) is 3. The summed E-state index contributed by atoms with van der Waals surface area (Å²) in [7, 11) is 0. The maximum Gasteiger partial charge on any atom is 0.303 e. The van der Waals surface area contributed by atoms with Gasteiger partial charge in [0.25, 0.3) is 0 Å². The van der Waals surface area contributed by atoms with Crippen molar-refractivity contribution in [3.8, 4) is 0 Å². The number of aromatic nitrogens is 1. The first-order valence-electron chi connectivity index (χ1n) is 4.73. The third-order valence-electron chi connectivity index (χ3n) is 2.35. The van der Waals surface area contributed by atoms with Crippen molar-refractivity contribution in [2.75, 3.05) is 0 Å². The summed E-state index contributed by atoms with van der Waals surface area (Å²) >= 11 is 0. The molecule has 0 spiro atoms. The van der Waals surface area contributed by atoms with Gasteiger partial charge in [-0.05, 0) is 31.0 Å². The molecule has 4 heteroatoms.